The molecule has 0 aliphatic carbocycles. The topological polar surface area (TPSA) is 93.7 Å². The molecule has 0 saturated heterocycles. The monoisotopic (exact) mass is 440 g/mol. The van der Waals surface area contributed by atoms with Gasteiger partial charge in [-0.3, -0.25) is 9.52 Å². The number of hydrogen-bond acceptors (Lipinski definition) is 5. The predicted molar refractivity (Wildman–Crippen MR) is 114 cm³/mol. The standard InChI is InChI=1S/C22H17FN2O5S/c23-18-3-1-2-4-19(18)25-31(27,28)17-9-7-16(8-10-17)24-22(26)12-6-15-5-11-20-21(13-15)30-14-29-20/h1-13,25H,14H2,(H,24,26)/b12-6+. The minimum atomic E-state index is -3.97. The average Bonchev–Trinajstić information content (AvgIpc) is 3.22. The number of fused-ring (bicyclic) bond motifs is 1. The van der Waals surface area contributed by atoms with Gasteiger partial charge in [-0.05, 0) is 60.2 Å². The van der Waals surface area contributed by atoms with E-state index >= 15 is 0 Å². The average molecular weight is 440 g/mol. The lowest BCUT2D eigenvalue weighted by Crippen LogP contribution is -2.14. The van der Waals surface area contributed by atoms with Crippen molar-refractivity contribution in [1.29, 1.82) is 0 Å². The molecule has 0 saturated carbocycles. The fourth-order valence-electron chi connectivity index (χ4n) is 2.84. The van der Waals surface area contributed by atoms with E-state index in [9.17, 15) is 17.6 Å². The fraction of sp³-hybridized carbons (Fsp3) is 0.0455. The van der Waals surface area contributed by atoms with Crippen molar-refractivity contribution in [3.8, 4) is 11.5 Å². The zero-order chi connectivity index (χ0) is 21.8. The van der Waals surface area contributed by atoms with E-state index in [2.05, 4.69) is 10.0 Å². The third-order valence-electron chi connectivity index (χ3n) is 4.37. The highest BCUT2D eigenvalue weighted by Crippen LogP contribution is 2.32. The molecule has 3 aromatic carbocycles. The normalized spacial score (nSPS) is 12.7. The van der Waals surface area contributed by atoms with Gasteiger partial charge in [0.05, 0.1) is 10.6 Å². The Hall–Kier alpha value is -3.85. The van der Waals surface area contributed by atoms with Crippen LogP contribution in [0.4, 0.5) is 15.8 Å². The molecule has 9 heteroatoms. The second-order valence-electron chi connectivity index (χ2n) is 6.55. The first kappa shape index (κ1) is 20.4. The van der Waals surface area contributed by atoms with Crippen molar-refractivity contribution >= 4 is 33.4 Å². The van der Waals surface area contributed by atoms with Gasteiger partial charge in [-0.2, -0.15) is 0 Å². The summed E-state index contributed by atoms with van der Waals surface area (Å²) in [5.41, 5.74) is 1.03. The summed E-state index contributed by atoms with van der Waals surface area (Å²) in [5.74, 6) is 0.200. The zero-order valence-electron chi connectivity index (χ0n) is 16.0. The quantitative estimate of drug-likeness (QED) is 0.565. The van der Waals surface area contributed by atoms with Crippen LogP contribution in [0.5, 0.6) is 11.5 Å². The van der Waals surface area contributed by atoms with Crippen LogP contribution in [0.25, 0.3) is 6.08 Å². The van der Waals surface area contributed by atoms with Crippen LogP contribution in [-0.4, -0.2) is 21.1 Å². The Labute approximate surface area is 178 Å². The lowest BCUT2D eigenvalue weighted by atomic mass is 10.2. The van der Waals surface area contributed by atoms with Crippen LogP contribution in [0.3, 0.4) is 0 Å². The van der Waals surface area contributed by atoms with E-state index in [-0.39, 0.29) is 17.4 Å². The number of sulfonamides is 1. The first-order chi connectivity index (χ1) is 14.9. The Morgan fingerprint density at radius 3 is 2.48 bits per heavy atom. The van der Waals surface area contributed by atoms with Crippen LogP contribution in [0.1, 0.15) is 5.56 Å². The largest absolute Gasteiger partial charge is 0.454 e. The van der Waals surface area contributed by atoms with Crippen molar-refractivity contribution in [2.45, 2.75) is 4.90 Å². The lowest BCUT2D eigenvalue weighted by Gasteiger charge is -2.09. The van der Waals surface area contributed by atoms with Gasteiger partial charge in [-0.25, -0.2) is 12.8 Å². The van der Waals surface area contributed by atoms with Gasteiger partial charge in [-0.15, -0.1) is 0 Å². The maximum atomic E-state index is 13.7. The van der Waals surface area contributed by atoms with E-state index in [0.29, 0.717) is 17.2 Å². The molecule has 1 aliphatic rings. The summed E-state index contributed by atoms with van der Waals surface area (Å²) < 4.78 is 51.3. The van der Waals surface area contributed by atoms with Crippen LogP contribution in [0.2, 0.25) is 0 Å². The van der Waals surface area contributed by atoms with Gasteiger partial charge >= 0.3 is 0 Å². The summed E-state index contributed by atoms with van der Waals surface area (Å²) in [5, 5.41) is 2.65. The summed E-state index contributed by atoms with van der Waals surface area (Å²) in [7, 11) is -3.97. The Morgan fingerprint density at radius 1 is 0.968 bits per heavy atom. The van der Waals surface area contributed by atoms with Gasteiger partial charge in [0.1, 0.15) is 5.82 Å². The third-order valence-corrected chi connectivity index (χ3v) is 5.76. The molecule has 4 rings (SSSR count). The van der Waals surface area contributed by atoms with Crippen LogP contribution in [0.15, 0.2) is 77.7 Å². The zero-order valence-corrected chi connectivity index (χ0v) is 16.9. The summed E-state index contributed by atoms with van der Waals surface area (Å²) in [6.07, 6.45) is 2.97. The molecule has 3 aromatic rings. The molecular formula is C22H17FN2O5S. The lowest BCUT2D eigenvalue weighted by molar-refractivity contribution is -0.111. The molecule has 0 spiro atoms. The number of halogens is 1. The molecule has 31 heavy (non-hydrogen) atoms. The van der Waals surface area contributed by atoms with E-state index in [0.717, 1.165) is 11.6 Å². The summed E-state index contributed by atoms with van der Waals surface area (Å²) in [4.78, 5) is 12.1. The second-order valence-corrected chi connectivity index (χ2v) is 8.23. The maximum Gasteiger partial charge on any atom is 0.261 e. The smallest absolute Gasteiger partial charge is 0.261 e. The van der Waals surface area contributed by atoms with Gasteiger partial charge in [0, 0.05) is 11.8 Å². The molecule has 0 aromatic heterocycles. The van der Waals surface area contributed by atoms with E-state index in [1.165, 1.54) is 48.5 Å². The molecule has 158 valence electrons. The molecule has 1 amide bonds. The number of ether oxygens (including phenoxy) is 2. The molecule has 1 heterocycles. The molecule has 0 unspecified atom stereocenters. The highest BCUT2D eigenvalue weighted by Gasteiger charge is 2.16. The number of carbonyl (C=O) groups is 1. The van der Waals surface area contributed by atoms with Crippen molar-refractivity contribution in [3.63, 3.8) is 0 Å². The Morgan fingerprint density at radius 2 is 1.71 bits per heavy atom. The highest BCUT2D eigenvalue weighted by molar-refractivity contribution is 7.92. The van der Waals surface area contributed by atoms with Crippen molar-refractivity contribution in [2.75, 3.05) is 16.8 Å². The van der Waals surface area contributed by atoms with Gasteiger partial charge < -0.3 is 14.8 Å². The fourth-order valence-corrected chi connectivity index (χ4v) is 3.91. The second kappa shape index (κ2) is 8.49. The van der Waals surface area contributed by atoms with E-state index in [1.807, 2.05) is 0 Å². The molecule has 2 N–H and O–H groups in total. The van der Waals surface area contributed by atoms with Gasteiger partial charge in [-0.1, -0.05) is 18.2 Å². The van der Waals surface area contributed by atoms with Gasteiger partial charge in [0.2, 0.25) is 12.7 Å². The predicted octanol–water partition coefficient (Wildman–Crippen LogP) is 4.01. The molecule has 1 aliphatic heterocycles. The number of anilines is 2. The number of nitrogens with one attached hydrogen (secondary N) is 2. The number of rotatable bonds is 6. The summed E-state index contributed by atoms with van der Waals surface area (Å²) >= 11 is 0. The van der Waals surface area contributed by atoms with E-state index in [4.69, 9.17) is 9.47 Å². The highest BCUT2D eigenvalue weighted by atomic mass is 32.2. The van der Waals surface area contributed by atoms with E-state index < -0.39 is 21.7 Å². The SMILES string of the molecule is O=C(/C=C/c1ccc2c(c1)OCO2)Nc1ccc(S(=O)(=O)Nc2ccccc2F)cc1. The van der Waals surface area contributed by atoms with Crippen molar-refractivity contribution in [1.82, 2.24) is 0 Å². The number of hydrogen-bond donors (Lipinski definition) is 2. The molecule has 7 nitrogen and oxygen atoms in total. The third kappa shape index (κ3) is 4.84. The molecule has 0 atom stereocenters. The number of para-hydroxylation sites is 1. The van der Waals surface area contributed by atoms with E-state index in [1.54, 1.807) is 24.3 Å². The Bertz CT molecular complexity index is 1260. The minimum Gasteiger partial charge on any atom is -0.454 e. The Balaban J connectivity index is 1.40. The van der Waals surface area contributed by atoms with Crippen molar-refractivity contribution < 1.29 is 27.1 Å². The number of amides is 1. The van der Waals surface area contributed by atoms with Crippen LogP contribution < -0.4 is 19.5 Å². The van der Waals surface area contributed by atoms with Gasteiger partial charge in [0.25, 0.3) is 10.0 Å². The molecule has 0 radical (unpaired) electrons. The summed E-state index contributed by atoms with van der Waals surface area (Å²) in [6, 6.07) is 16.3. The first-order valence-electron chi connectivity index (χ1n) is 9.17. The van der Waals surface area contributed by atoms with Crippen LogP contribution in [0, 0.1) is 5.82 Å². The first-order valence-corrected chi connectivity index (χ1v) is 10.7. The van der Waals surface area contributed by atoms with Crippen LogP contribution in [-0.2, 0) is 14.8 Å². The van der Waals surface area contributed by atoms with Crippen molar-refractivity contribution in [3.05, 3.63) is 84.2 Å². The van der Waals surface area contributed by atoms with Gasteiger partial charge in [0.15, 0.2) is 11.5 Å². The number of benzene rings is 3. The molecule has 0 bridgehead atoms. The summed E-state index contributed by atoms with van der Waals surface area (Å²) in [6.45, 7) is 0.171. The minimum absolute atomic E-state index is 0.0651. The molecular weight excluding hydrogens is 423 g/mol. The van der Waals surface area contributed by atoms with Crippen molar-refractivity contribution in [2.24, 2.45) is 0 Å². The molecule has 0 fully saturated rings. The number of carbonyl (C=O) groups excluding carboxylic acids is 1. The Kier molecular flexibility index (Phi) is 5.59. The van der Waals surface area contributed by atoms with Crippen LogP contribution >= 0.6 is 0 Å². The maximum absolute atomic E-state index is 13.7.